The largest absolute Gasteiger partial charge is 0.456 e. The molecule has 0 saturated carbocycles. The van der Waals surface area contributed by atoms with Crippen LogP contribution in [0.2, 0.25) is 0 Å². The van der Waals surface area contributed by atoms with Crippen molar-refractivity contribution in [3.63, 3.8) is 0 Å². The van der Waals surface area contributed by atoms with Gasteiger partial charge in [0.2, 0.25) is 0 Å². The monoisotopic (exact) mass is 502 g/mol. The van der Waals surface area contributed by atoms with E-state index in [0.29, 0.717) is 12.8 Å². The fourth-order valence-electron chi connectivity index (χ4n) is 4.41. The number of cyclic esters (lactones) is 1. The van der Waals surface area contributed by atoms with Crippen molar-refractivity contribution in [1.82, 2.24) is 10.6 Å². The maximum Gasteiger partial charge on any atom is 0.407 e. The van der Waals surface area contributed by atoms with E-state index < -0.39 is 42.4 Å². The maximum atomic E-state index is 12.8. The number of alkyl carbamates (subject to hydrolysis) is 2. The number of carbonyl (C=O) groups excluding carboxylic acids is 3. The second kappa shape index (κ2) is 12.6. The summed E-state index contributed by atoms with van der Waals surface area (Å²) in [6.07, 6.45) is -2.36. The molecule has 0 radical (unpaired) electrons. The van der Waals surface area contributed by atoms with Gasteiger partial charge >= 0.3 is 18.2 Å². The van der Waals surface area contributed by atoms with E-state index in [1.165, 1.54) is 6.92 Å². The lowest BCUT2D eigenvalue weighted by molar-refractivity contribution is -0.159. The van der Waals surface area contributed by atoms with Crippen molar-refractivity contribution in [2.24, 2.45) is 0 Å². The molecule has 3 aromatic rings. The van der Waals surface area contributed by atoms with Crippen LogP contribution in [0.15, 0.2) is 91.0 Å². The summed E-state index contributed by atoms with van der Waals surface area (Å²) in [5.74, 6) is -0.516. The average Bonchev–Trinajstić information content (AvgIpc) is 2.90. The second-order valence-electron chi connectivity index (χ2n) is 8.89. The Morgan fingerprint density at radius 1 is 0.892 bits per heavy atom. The smallest absolute Gasteiger partial charge is 0.407 e. The number of benzene rings is 3. The molecule has 1 aliphatic heterocycles. The SMILES string of the molecule is CC(=O)OC1C(Cc2ccccc2)NC(=O)O[C@H]1[C@H](Cc1ccccc1)NC(=O)OCc1ccccc1. The van der Waals surface area contributed by atoms with Gasteiger partial charge in [-0.15, -0.1) is 0 Å². The van der Waals surface area contributed by atoms with Gasteiger partial charge in [-0.05, 0) is 29.5 Å². The second-order valence-corrected chi connectivity index (χ2v) is 8.89. The molecule has 3 aromatic carbocycles. The molecule has 1 fully saturated rings. The van der Waals surface area contributed by atoms with Crippen molar-refractivity contribution in [1.29, 1.82) is 0 Å². The molecular weight excluding hydrogens is 472 g/mol. The Hall–Kier alpha value is -4.33. The van der Waals surface area contributed by atoms with Crippen LogP contribution in [0.3, 0.4) is 0 Å². The summed E-state index contributed by atoms with van der Waals surface area (Å²) in [6.45, 7) is 1.39. The van der Waals surface area contributed by atoms with Crippen LogP contribution in [0.1, 0.15) is 23.6 Å². The summed E-state index contributed by atoms with van der Waals surface area (Å²) in [7, 11) is 0. The van der Waals surface area contributed by atoms with Gasteiger partial charge in [-0.2, -0.15) is 0 Å². The van der Waals surface area contributed by atoms with Gasteiger partial charge < -0.3 is 24.8 Å². The Morgan fingerprint density at radius 3 is 2.05 bits per heavy atom. The van der Waals surface area contributed by atoms with Gasteiger partial charge in [0.1, 0.15) is 6.61 Å². The maximum absolute atomic E-state index is 12.8. The average molecular weight is 503 g/mol. The van der Waals surface area contributed by atoms with Gasteiger partial charge in [0, 0.05) is 6.92 Å². The third-order valence-electron chi connectivity index (χ3n) is 6.08. The summed E-state index contributed by atoms with van der Waals surface area (Å²) < 4.78 is 16.8. The van der Waals surface area contributed by atoms with E-state index in [2.05, 4.69) is 10.6 Å². The van der Waals surface area contributed by atoms with E-state index in [-0.39, 0.29) is 6.61 Å². The predicted octanol–water partition coefficient (Wildman–Crippen LogP) is 4.18. The van der Waals surface area contributed by atoms with Crippen LogP contribution in [0.25, 0.3) is 0 Å². The Balaban J connectivity index is 1.58. The van der Waals surface area contributed by atoms with E-state index in [9.17, 15) is 14.4 Å². The Labute approximate surface area is 215 Å². The molecule has 2 amide bonds. The molecule has 1 saturated heterocycles. The predicted molar refractivity (Wildman–Crippen MR) is 137 cm³/mol. The number of hydrogen-bond acceptors (Lipinski definition) is 6. The number of ether oxygens (including phenoxy) is 3. The highest BCUT2D eigenvalue weighted by Crippen LogP contribution is 2.24. The molecule has 0 aliphatic carbocycles. The fourth-order valence-corrected chi connectivity index (χ4v) is 4.41. The lowest BCUT2D eigenvalue weighted by Gasteiger charge is -2.41. The zero-order chi connectivity index (χ0) is 26.0. The van der Waals surface area contributed by atoms with Gasteiger partial charge in [-0.1, -0.05) is 91.0 Å². The number of hydrogen-bond donors (Lipinski definition) is 2. The van der Waals surface area contributed by atoms with Crippen molar-refractivity contribution in [2.45, 2.75) is 50.7 Å². The van der Waals surface area contributed by atoms with Gasteiger partial charge in [0.25, 0.3) is 0 Å². The summed E-state index contributed by atoms with van der Waals surface area (Å²) >= 11 is 0. The van der Waals surface area contributed by atoms with E-state index in [1.807, 2.05) is 91.0 Å². The molecule has 8 nitrogen and oxygen atoms in total. The highest BCUT2D eigenvalue weighted by atomic mass is 16.6. The van der Waals surface area contributed by atoms with Crippen LogP contribution in [-0.2, 0) is 38.5 Å². The highest BCUT2D eigenvalue weighted by molar-refractivity contribution is 5.71. The molecule has 1 heterocycles. The number of amides is 2. The molecule has 192 valence electrons. The summed E-state index contributed by atoms with van der Waals surface area (Å²) in [6, 6.07) is 27.1. The van der Waals surface area contributed by atoms with Crippen LogP contribution in [0.5, 0.6) is 0 Å². The first kappa shape index (κ1) is 25.8. The standard InChI is InChI=1S/C29H30N2O6/c1-20(32)36-26-24(17-21-11-5-2-6-12-21)31-29(34)37-27(26)25(18-22-13-7-3-8-14-22)30-28(33)35-19-23-15-9-4-10-16-23/h2-16,24-27H,17-19H2,1H3,(H,30,33)(H,31,34)/t24?,25-,26?,27-/m0/s1. The summed E-state index contributed by atoms with van der Waals surface area (Å²) in [5, 5.41) is 5.64. The van der Waals surface area contributed by atoms with Gasteiger partial charge in [-0.25, -0.2) is 9.59 Å². The Morgan fingerprint density at radius 2 is 1.46 bits per heavy atom. The van der Waals surface area contributed by atoms with Crippen LogP contribution < -0.4 is 10.6 Å². The van der Waals surface area contributed by atoms with E-state index >= 15 is 0 Å². The third kappa shape index (κ3) is 7.57. The van der Waals surface area contributed by atoms with Crippen molar-refractivity contribution in [3.8, 4) is 0 Å². The topological polar surface area (TPSA) is 103 Å². The number of nitrogens with one attached hydrogen (secondary N) is 2. The van der Waals surface area contributed by atoms with E-state index in [0.717, 1.165) is 16.7 Å². The minimum Gasteiger partial charge on any atom is -0.456 e. The highest BCUT2D eigenvalue weighted by Gasteiger charge is 2.45. The third-order valence-corrected chi connectivity index (χ3v) is 6.08. The number of rotatable bonds is 9. The molecule has 0 aromatic heterocycles. The molecule has 1 aliphatic rings. The van der Waals surface area contributed by atoms with Crippen LogP contribution in [0.4, 0.5) is 9.59 Å². The zero-order valence-corrected chi connectivity index (χ0v) is 20.5. The molecule has 2 N–H and O–H groups in total. The van der Waals surface area contributed by atoms with Gasteiger partial charge in [0.15, 0.2) is 12.2 Å². The lowest BCUT2D eigenvalue weighted by atomic mass is 9.90. The summed E-state index contributed by atoms with van der Waals surface area (Å²) in [4.78, 5) is 37.6. The minimum atomic E-state index is -0.948. The molecule has 4 rings (SSSR count). The summed E-state index contributed by atoms with van der Waals surface area (Å²) in [5.41, 5.74) is 2.71. The Bertz CT molecular complexity index is 1170. The van der Waals surface area contributed by atoms with Crippen LogP contribution >= 0.6 is 0 Å². The van der Waals surface area contributed by atoms with Crippen molar-refractivity contribution in [3.05, 3.63) is 108 Å². The van der Waals surface area contributed by atoms with Gasteiger partial charge in [-0.3, -0.25) is 4.79 Å². The van der Waals surface area contributed by atoms with Crippen LogP contribution in [-0.4, -0.2) is 42.4 Å². The number of carbonyl (C=O) groups is 3. The molecule has 2 unspecified atom stereocenters. The molecule has 0 bridgehead atoms. The van der Waals surface area contributed by atoms with Crippen molar-refractivity contribution < 1.29 is 28.6 Å². The first-order valence-corrected chi connectivity index (χ1v) is 12.2. The zero-order valence-electron chi connectivity index (χ0n) is 20.5. The lowest BCUT2D eigenvalue weighted by Crippen LogP contribution is -2.64. The van der Waals surface area contributed by atoms with E-state index in [4.69, 9.17) is 14.2 Å². The fraction of sp³-hybridized carbons (Fsp3) is 0.276. The first-order valence-electron chi connectivity index (χ1n) is 12.2. The van der Waals surface area contributed by atoms with Gasteiger partial charge in [0.05, 0.1) is 12.1 Å². The quantitative estimate of drug-likeness (QED) is 0.336. The molecule has 4 atom stereocenters. The molecule has 37 heavy (non-hydrogen) atoms. The number of esters is 1. The van der Waals surface area contributed by atoms with E-state index in [1.54, 1.807) is 0 Å². The van der Waals surface area contributed by atoms with Crippen molar-refractivity contribution in [2.75, 3.05) is 0 Å². The normalized spacial score (nSPS) is 19.6. The van der Waals surface area contributed by atoms with Crippen LogP contribution in [0, 0.1) is 0 Å². The first-order chi connectivity index (χ1) is 18.0. The molecule has 0 spiro atoms. The molecular formula is C29H30N2O6. The minimum absolute atomic E-state index is 0.0841. The Kier molecular flexibility index (Phi) is 8.75. The van der Waals surface area contributed by atoms with Crippen molar-refractivity contribution >= 4 is 18.2 Å². The molecule has 8 heteroatoms.